The maximum Gasteiger partial charge on any atom is 0.358 e. The third-order valence-corrected chi connectivity index (χ3v) is 4.52. The van der Waals surface area contributed by atoms with Gasteiger partial charge in [0.15, 0.2) is 11.3 Å². The molecule has 0 bridgehead atoms. The van der Waals surface area contributed by atoms with Gasteiger partial charge in [-0.1, -0.05) is 0 Å². The summed E-state index contributed by atoms with van der Waals surface area (Å²) in [5.74, 6) is 0.0132. The molecule has 2 aromatic heterocycles. The fourth-order valence-electron chi connectivity index (χ4n) is 3.20. The van der Waals surface area contributed by atoms with Crippen LogP contribution in [0, 0.1) is 0 Å². The zero-order chi connectivity index (χ0) is 16.6. The molecule has 1 saturated heterocycles. The first-order valence-electron chi connectivity index (χ1n) is 7.67. The molecule has 0 aromatic carbocycles. The van der Waals surface area contributed by atoms with Crippen LogP contribution in [-0.4, -0.2) is 51.5 Å². The molecule has 0 atom stereocenters. The van der Waals surface area contributed by atoms with E-state index < -0.39 is 5.97 Å². The first-order valence-corrected chi connectivity index (χ1v) is 7.67. The van der Waals surface area contributed by atoms with Gasteiger partial charge in [0.05, 0.1) is 13.3 Å². The van der Waals surface area contributed by atoms with Gasteiger partial charge in [-0.25, -0.2) is 14.8 Å². The van der Waals surface area contributed by atoms with Crippen molar-refractivity contribution in [3.8, 4) is 0 Å². The van der Waals surface area contributed by atoms with Crippen LogP contribution in [0.4, 0.5) is 0 Å². The van der Waals surface area contributed by atoms with Gasteiger partial charge < -0.3 is 14.2 Å². The van der Waals surface area contributed by atoms with Crippen LogP contribution in [-0.2, 0) is 16.6 Å². The second-order valence-corrected chi connectivity index (χ2v) is 5.86. The lowest BCUT2D eigenvalue weighted by Gasteiger charge is -2.31. The normalized spacial score (nSPS) is 15.9. The van der Waals surface area contributed by atoms with E-state index in [0.29, 0.717) is 11.4 Å². The highest BCUT2D eigenvalue weighted by Gasteiger charge is 2.25. The number of rotatable bonds is 2. The van der Waals surface area contributed by atoms with Crippen molar-refractivity contribution in [1.29, 1.82) is 0 Å². The predicted octanol–water partition coefficient (Wildman–Crippen LogP) is 1.48. The Morgan fingerprint density at radius 1 is 1.30 bits per heavy atom. The minimum atomic E-state index is -0.487. The van der Waals surface area contributed by atoms with Crippen LogP contribution in [0.5, 0.6) is 0 Å². The van der Waals surface area contributed by atoms with Crippen molar-refractivity contribution in [2.45, 2.75) is 25.7 Å². The van der Waals surface area contributed by atoms with Crippen LogP contribution in [0.1, 0.15) is 41.9 Å². The van der Waals surface area contributed by atoms with Crippen LogP contribution in [0.3, 0.4) is 0 Å². The summed E-state index contributed by atoms with van der Waals surface area (Å²) < 4.78 is 6.71. The number of carbonyl (C=O) groups excluding carboxylic acids is 2. The molecule has 122 valence electrons. The van der Waals surface area contributed by atoms with Gasteiger partial charge in [-0.05, 0) is 18.9 Å². The van der Waals surface area contributed by atoms with E-state index in [1.54, 1.807) is 6.92 Å². The van der Waals surface area contributed by atoms with Gasteiger partial charge >= 0.3 is 5.97 Å². The van der Waals surface area contributed by atoms with E-state index >= 15 is 0 Å². The van der Waals surface area contributed by atoms with E-state index in [9.17, 15) is 9.59 Å². The van der Waals surface area contributed by atoms with Crippen molar-refractivity contribution in [3.63, 3.8) is 0 Å². The molecule has 2 aromatic rings. The Balaban J connectivity index is 1.89. The Morgan fingerprint density at radius 3 is 2.61 bits per heavy atom. The maximum atomic E-state index is 11.6. The summed E-state index contributed by atoms with van der Waals surface area (Å²) in [5.41, 5.74) is 2.80. The molecule has 3 rings (SSSR count). The molecule has 0 spiro atoms. The number of carbonyl (C=O) groups is 2. The lowest BCUT2D eigenvalue weighted by atomic mass is 9.93. The number of hydrogen-bond donors (Lipinski definition) is 0. The van der Waals surface area contributed by atoms with Gasteiger partial charge in [-0.2, -0.15) is 0 Å². The maximum absolute atomic E-state index is 11.6. The summed E-state index contributed by atoms with van der Waals surface area (Å²) in [6.07, 6.45) is 3.29. The fourth-order valence-corrected chi connectivity index (χ4v) is 3.20. The SMILES string of the molecule is COC(=O)c1cnc2c(cc(C3CCN(C(C)=O)CC3)n2C)n1. The van der Waals surface area contributed by atoms with E-state index in [4.69, 9.17) is 0 Å². The van der Waals surface area contributed by atoms with E-state index in [1.807, 2.05) is 22.6 Å². The number of piperidine rings is 1. The fraction of sp³-hybridized carbons (Fsp3) is 0.500. The zero-order valence-electron chi connectivity index (χ0n) is 13.6. The number of esters is 1. The zero-order valence-corrected chi connectivity index (χ0v) is 13.6. The van der Waals surface area contributed by atoms with Crippen LogP contribution in [0.2, 0.25) is 0 Å². The van der Waals surface area contributed by atoms with Crippen molar-refractivity contribution < 1.29 is 14.3 Å². The quantitative estimate of drug-likeness (QED) is 0.784. The molecular weight excluding hydrogens is 296 g/mol. The Bertz CT molecular complexity index is 760. The van der Waals surface area contributed by atoms with Crippen LogP contribution < -0.4 is 0 Å². The average molecular weight is 316 g/mol. The van der Waals surface area contributed by atoms with Gasteiger partial charge in [0.25, 0.3) is 0 Å². The molecule has 7 nitrogen and oxygen atoms in total. The number of hydrogen-bond acceptors (Lipinski definition) is 5. The van der Waals surface area contributed by atoms with Crippen LogP contribution in [0.15, 0.2) is 12.3 Å². The molecule has 1 aliphatic heterocycles. The first kappa shape index (κ1) is 15.5. The van der Waals surface area contributed by atoms with E-state index in [0.717, 1.165) is 37.3 Å². The van der Waals surface area contributed by atoms with Gasteiger partial charge in [-0.15, -0.1) is 0 Å². The van der Waals surface area contributed by atoms with Crippen LogP contribution >= 0.6 is 0 Å². The summed E-state index contributed by atoms with van der Waals surface area (Å²) in [7, 11) is 3.29. The Labute approximate surface area is 134 Å². The second kappa shape index (κ2) is 5.98. The van der Waals surface area contributed by atoms with Gasteiger partial charge in [0, 0.05) is 38.7 Å². The molecule has 1 aliphatic rings. The van der Waals surface area contributed by atoms with Crippen molar-refractivity contribution in [3.05, 3.63) is 23.7 Å². The van der Waals surface area contributed by atoms with Gasteiger partial charge in [0.2, 0.25) is 5.91 Å². The highest BCUT2D eigenvalue weighted by Crippen LogP contribution is 2.30. The molecule has 0 radical (unpaired) electrons. The monoisotopic (exact) mass is 316 g/mol. The molecule has 0 aliphatic carbocycles. The molecule has 7 heteroatoms. The van der Waals surface area contributed by atoms with Gasteiger partial charge in [0.1, 0.15) is 5.52 Å². The van der Waals surface area contributed by atoms with E-state index in [-0.39, 0.29) is 11.6 Å². The summed E-state index contributed by atoms with van der Waals surface area (Å²) in [5, 5.41) is 0. The molecular formula is C16H20N4O3. The lowest BCUT2D eigenvalue weighted by Crippen LogP contribution is -2.36. The third kappa shape index (κ3) is 2.78. The molecule has 3 heterocycles. The predicted molar refractivity (Wildman–Crippen MR) is 84.1 cm³/mol. The standard InChI is InChI=1S/C16H20N4O3/c1-10(21)20-6-4-11(5-7-20)14-8-12-15(19(14)2)17-9-13(18-12)16(22)23-3/h8-9,11H,4-7H2,1-3H3. The van der Waals surface area contributed by atoms with Crippen molar-refractivity contribution in [1.82, 2.24) is 19.4 Å². The number of fused-ring (bicyclic) bond motifs is 1. The number of ether oxygens (including phenoxy) is 1. The summed E-state index contributed by atoms with van der Waals surface area (Å²) in [6, 6.07) is 1.99. The average Bonchev–Trinajstić information content (AvgIpc) is 2.90. The Morgan fingerprint density at radius 2 is 2.00 bits per heavy atom. The number of aromatic nitrogens is 3. The molecule has 0 saturated carbocycles. The Hall–Kier alpha value is -2.44. The van der Waals surface area contributed by atoms with E-state index in [1.165, 1.54) is 13.3 Å². The minimum Gasteiger partial charge on any atom is -0.464 e. The largest absolute Gasteiger partial charge is 0.464 e. The molecule has 0 unspecified atom stereocenters. The number of likely N-dealkylation sites (tertiary alicyclic amines) is 1. The number of amides is 1. The number of aryl methyl sites for hydroxylation is 1. The minimum absolute atomic E-state index is 0.131. The smallest absolute Gasteiger partial charge is 0.358 e. The topological polar surface area (TPSA) is 77.3 Å². The molecule has 0 N–H and O–H groups in total. The summed E-state index contributed by atoms with van der Waals surface area (Å²) in [4.78, 5) is 33.6. The van der Waals surface area contributed by atoms with Crippen molar-refractivity contribution >= 4 is 23.0 Å². The molecule has 23 heavy (non-hydrogen) atoms. The first-order chi connectivity index (χ1) is 11.0. The molecule has 1 amide bonds. The summed E-state index contributed by atoms with van der Waals surface area (Å²) >= 11 is 0. The Kier molecular flexibility index (Phi) is 4.02. The van der Waals surface area contributed by atoms with E-state index in [2.05, 4.69) is 14.7 Å². The highest BCUT2D eigenvalue weighted by atomic mass is 16.5. The number of nitrogens with zero attached hydrogens (tertiary/aromatic N) is 4. The lowest BCUT2D eigenvalue weighted by molar-refractivity contribution is -0.129. The second-order valence-electron chi connectivity index (χ2n) is 5.86. The summed E-state index contributed by atoms with van der Waals surface area (Å²) in [6.45, 7) is 3.16. The third-order valence-electron chi connectivity index (χ3n) is 4.52. The van der Waals surface area contributed by atoms with Crippen molar-refractivity contribution in [2.24, 2.45) is 7.05 Å². The molecule has 1 fully saturated rings. The highest BCUT2D eigenvalue weighted by molar-refractivity contribution is 5.89. The van der Waals surface area contributed by atoms with Crippen molar-refractivity contribution in [2.75, 3.05) is 20.2 Å². The van der Waals surface area contributed by atoms with Gasteiger partial charge in [-0.3, -0.25) is 4.79 Å². The number of methoxy groups -OCH3 is 1. The van der Waals surface area contributed by atoms with Crippen LogP contribution in [0.25, 0.3) is 11.2 Å².